The lowest BCUT2D eigenvalue weighted by molar-refractivity contribution is 0.0953. The SMILES string of the molecule is CCNC(=NCc1ccccc1OC)NCCCNC(=O)c1cccc(O)c1. The molecule has 2 aromatic carbocycles. The predicted molar refractivity (Wildman–Crippen MR) is 111 cm³/mol. The molecule has 0 saturated carbocycles. The first-order valence-corrected chi connectivity index (χ1v) is 9.35. The van der Waals surface area contributed by atoms with Crippen molar-refractivity contribution < 1.29 is 14.6 Å². The Kier molecular flexibility index (Phi) is 8.65. The van der Waals surface area contributed by atoms with Crippen molar-refractivity contribution in [3.63, 3.8) is 0 Å². The number of aromatic hydroxyl groups is 1. The molecule has 0 atom stereocenters. The van der Waals surface area contributed by atoms with Crippen molar-refractivity contribution in [1.29, 1.82) is 0 Å². The van der Waals surface area contributed by atoms with Crippen LogP contribution in [0.1, 0.15) is 29.3 Å². The number of benzene rings is 2. The number of amides is 1. The highest BCUT2D eigenvalue weighted by molar-refractivity contribution is 5.94. The van der Waals surface area contributed by atoms with Crippen molar-refractivity contribution in [3.05, 3.63) is 59.7 Å². The van der Waals surface area contributed by atoms with Gasteiger partial charge in [0.25, 0.3) is 5.91 Å². The number of hydrogen-bond donors (Lipinski definition) is 4. The summed E-state index contributed by atoms with van der Waals surface area (Å²) in [6.07, 6.45) is 0.740. The minimum atomic E-state index is -0.201. The molecule has 1 amide bonds. The molecule has 0 saturated heterocycles. The van der Waals surface area contributed by atoms with Gasteiger partial charge < -0.3 is 25.8 Å². The summed E-state index contributed by atoms with van der Waals surface area (Å²) >= 11 is 0. The summed E-state index contributed by atoms with van der Waals surface area (Å²) in [5, 5.41) is 18.7. The molecule has 28 heavy (non-hydrogen) atoms. The summed E-state index contributed by atoms with van der Waals surface area (Å²) < 4.78 is 5.35. The second kappa shape index (κ2) is 11.5. The van der Waals surface area contributed by atoms with E-state index in [0.29, 0.717) is 31.2 Å². The first kappa shape index (κ1) is 21.1. The Morgan fingerprint density at radius 1 is 1.07 bits per heavy atom. The first-order chi connectivity index (χ1) is 13.6. The fraction of sp³-hybridized carbons (Fsp3) is 0.333. The number of guanidine groups is 1. The Labute approximate surface area is 165 Å². The minimum absolute atomic E-state index is 0.0795. The fourth-order valence-corrected chi connectivity index (χ4v) is 2.59. The van der Waals surface area contributed by atoms with Crippen LogP contribution >= 0.6 is 0 Å². The number of ether oxygens (including phenoxy) is 1. The van der Waals surface area contributed by atoms with Crippen LogP contribution in [0.4, 0.5) is 0 Å². The van der Waals surface area contributed by atoms with E-state index >= 15 is 0 Å². The van der Waals surface area contributed by atoms with Crippen LogP contribution < -0.4 is 20.7 Å². The number of para-hydroxylation sites is 1. The molecule has 0 fully saturated rings. The number of rotatable bonds is 9. The third-order valence-corrected chi connectivity index (χ3v) is 3.98. The molecule has 2 aromatic rings. The second-order valence-corrected chi connectivity index (χ2v) is 6.09. The number of nitrogens with zero attached hydrogens (tertiary/aromatic N) is 1. The summed E-state index contributed by atoms with van der Waals surface area (Å²) in [5.41, 5.74) is 1.46. The lowest BCUT2D eigenvalue weighted by atomic mass is 10.2. The van der Waals surface area contributed by atoms with Crippen LogP contribution in [0, 0.1) is 0 Å². The molecule has 0 aliphatic carbocycles. The average Bonchev–Trinajstić information content (AvgIpc) is 2.71. The van der Waals surface area contributed by atoms with Crippen LogP contribution in [0.5, 0.6) is 11.5 Å². The minimum Gasteiger partial charge on any atom is -0.508 e. The smallest absolute Gasteiger partial charge is 0.251 e. The maximum Gasteiger partial charge on any atom is 0.251 e. The van der Waals surface area contributed by atoms with Gasteiger partial charge in [0.05, 0.1) is 13.7 Å². The topological polar surface area (TPSA) is 95.0 Å². The monoisotopic (exact) mass is 384 g/mol. The van der Waals surface area contributed by atoms with Crippen molar-refractivity contribution in [2.24, 2.45) is 4.99 Å². The van der Waals surface area contributed by atoms with Gasteiger partial charge in [-0.25, -0.2) is 4.99 Å². The van der Waals surface area contributed by atoms with Crippen molar-refractivity contribution in [1.82, 2.24) is 16.0 Å². The van der Waals surface area contributed by atoms with Crippen molar-refractivity contribution in [2.75, 3.05) is 26.7 Å². The Morgan fingerprint density at radius 3 is 2.61 bits per heavy atom. The summed E-state index contributed by atoms with van der Waals surface area (Å²) in [6.45, 7) is 4.46. The lowest BCUT2D eigenvalue weighted by Crippen LogP contribution is -2.38. The summed E-state index contributed by atoms with van der Waals surface area (Å²) in [7, 11) is 1.65. The molecule has 0 aliphatic heterocycles. The highest BCUT2D eigenvalue weighted by atomic mass is 16.5. The molecule has 7 nitrogen and oxygen atoms in total. The van der Waals surface area contributed by atoms with Crippen LogP contribution in [0.25, 0.3) is 0 Å². The number of nitrogens with one attached hydrogen (secondary N) is 3. The second-order valence-electron chi connectivity index (χ2n) is 6.09. The molecule has 7 heteroatoms. The number of phenolic OH excluding ortho intramolecular Hbond substituents is 1. The van der Waals surface area contributed by atoms with E-state index in [9.17, 15) is 9.90 Å². The zero-order valence-corrected chi connectivity index (χ0v) is 16.4. The Bertz CT molecular complexity index is 793. The summed E-state index contributed by atoms with van der Waals surface area (Å²) in [5.74, 6) is 1.41. The summed E-state index contributed by atoms with van der Waals surface area (Å²) in [6, 6.07) is 14.1. The maximum atomic E-state index is 12.0. The van der Waals surface area contributed by atoms with E-state index in [1.54, 1.807) is 19.2 Å². The van der Waals surface area contributed by atoms with E-state index in [2.05, 4.69) is 20.9 Å². The summed E-state index contributed by atoms with van der Waals surface area (Å²) in [4.78, 5) is 16.6. The van der Waals surface area contributed by atoms with E-state index in [-0.39, 0.29) is 11.7 Å². The Hall–Kier alpha value is -3.22. The largest absolute Gasteiger partial charge is 0.508 e. The normalized spacial score (nSPS) is 11.0. The van der Waals surface area contributed by atoms with E-state index in [4.69, 9.17) is 4.74 Å². The van der Waals surface area contributed by atoms with Crippen LogP contribution in [-0.4, -0.2) is 43.7 Å². The van der Waals surface area contributed by atoms with E-state index in [1.807, 2.05) is 31.2 Å². The number of hydrogen-bond acceptors (Lipinski definition) is 4. The molecule has 0 unspecified atom stereocenters. The third-order valence-electron chi connectivity index (χ3n) is 3.98. The van der Waals surface area contributed by atoms with Crippen molar-refractivity contribution in [3.8, 4) is 11.5 Å². The number of phenols is 1. The van der Waals surface area contributed by atoms with Gasteiger partial charge in [0.15, 0.2) is 5.96 Å². The Balaban J connectivity index is 1.77. The molecule has 4 N–H and O–H groups in total. The predicted octanol–water partition coefficient (Wildman–Crippen LogP) is 2.28. The van der Waals surface area contributed by atoms with Crippen LogP contribution in [0.3, 0.4) is 0 Å². The van der Waals surface area contributed by atoms with Crippen LogP contribution in [0.2, 0.25) is 0 Å². The van der Waals surface area contributed by atoms with Gasteiger partial charge in [-0.05, 0) is 37.6 Å². The number of carbonyl (C=O) groups excluding carboxylic acids is 1. The molecule has 2 rings (SSSR count). The van der Waals surface area contributed by atoms with Gasteiger partial charge in [-0.1, -0.05) is 24.3 Å². The van der Waals surface area contributed by atoms with E-state index in [1.165, 1.54) is 12.1 Å². The molecule has 0 radical (unpaired) electrons. The standard InChI is InChI=1S/C21H28N4O3/c1-3-22-21(25-15-17-8-4-5-11-19(17)28-2)24-13-7-12-23-20(27)16-9-6-10-18(26)14-16/h4-6,8-11,14,26H,3,7,12-13,15H2,1-2H3,(H,23,27)(H2,22,24,25). The van der Waals surface area contributed by atoms with Gasteiger partial charge in [-0.2, -0.15) is 0 Å². The van der Waals surface area contributed by atoms with Gasteiger partial charge in [0.1, 0.15) is 11.5 Å². The average molecular weight is 384 g/mol. The van der Waals surface area contributed by atoms with Gasteiger partial charge in [-0.15, -0.1) is 0 Å². The van der Waals surface area contributed by atoms with Crippen LogP contribution in [0.15, 0.2) is 53.5 Å². The van der Waals surface area contributed by atoms with E-state index in [0.717, 1.165) is 24.3 Å². The van der Waals surface area contributed by atoms with Gasteiger partial charge in [0.2, 0.25) is 0 Å². The first-order valence-electron chi connectivity index (χ1n) is 9.35. The number of carbonyl (C=O) groups is 1. The zero-order chi connectivity index (χ0) is 20.2. The maximum absolute atomic E-state index is 12.0. The quantitative estimate of drug-likeness (QED) is 0.302. The van der Waals surface area contributed by atoms with E-state index < -0.39 is 0 Å². The molecule has 0 aliphatic rings. The molecular formula is C21H28N4O3. The molecule has 0 aromatic heterocycles. The van der Waals surface area contributed by atoms with Crippen molar-refractivity contribution in [2.45, 2.75) is 19.9 Å². The molecule has 0 bridgehead atoms. The molecular weight excluding hydrogens is 356 g/mol. The third kappa shape index (κ3) is 6.83. The Morgan fingerprint density at radius 2 is 1.86 bits per heavy atom. The zero-order valence-electron chi connectivity index (χ0n) is 16.4. The van der Waals surface area contributed by atoms with Gasteiger partial charge in [-0.3, -0.25) is 4.79 Å². The van der Waals surface area contributed by atoms with Crippen LogP contribution in [-0.2, 0) is 6.54 Å². The molecule has 150 valence electrons. The number of methoxy groups -OCH3 is 1. The molecule has 0 heterocycles. The lowest BCUT2D eigenvalue weighted by Gasteiger charge is -2.12. The van der Waals surface area contributed by atoms with Gasteiger partial charge >= 0.3 is 0 Å². The molecule has 0 spiro atoms. The highest BCUT2D eigenvalue weighted by Gasteiger charge is 2.05. The van der Waals surface area contributed by atoms with Crippen molar-refractivity contribution >= 4 is 11.9 Å². The highest BCUT2D eigenvalue weighted by Crippen LogP contribution is 2.17. The van der Waals surface area contributed by atoms with Gasteiger partial charge in [0, 0.05) is 30.8 Å². The number of aliphatic imine (C=N–C) groups is 1. The fourth-order valence-electron chi connectivity index (χ4n) is 2.59.